The fourth-order valence-corrected chi connectivity index (χ4v) is 3.62. The summed E-state index contributed by atoms with van der Waals surface area (Å²) in [5.41, 5.74) is 2.67. The van der Waals surface area contributed by atoms with Gasteiger partial charge in [-0.2, -0.15) is 5.10 Å². The molecule has 0 amide bonds. The van der Waals surface area contributed by atoms with Gasteiger partial charge in [-0.3, -0.25) is 4.90 Å². The van der Waals surface area contributed by atoms with Gasteiger partial charge in [0.25, 0.3) is 0 Å². The molecule has 2 aromatic carbocycles. The number of aryl methyl sites for hydroxylation is 1. The van der Waals surface area contributed by atoms with Crippen LogP contribution in [0.3, 0.4) is 0 Å². The van der Waals surface area contributed by atoms with Gasteiger partial charge in [0, 0.05) is 19.1 Å². The molecule has 1 aromatic heterocycles. The molecule has 0 radical (unpaired) electrons. The average molecular weight is 466 g/mol. The van der Waals surface area contributed by atoms with E-state index in [1.54, 1.807) is 16.8 Å². The Hall–Kier alpha value is -3.18. The summed E-state index contributed by atoms with van der Waals surface area (Å²) in [7, 11) is 0. The van der Waals surface area contributed by atoms with Crippen LogP contribution < -0.4 is 4.74 Å². The highest BCUT2D eigenvalue weighted by atomic mass is 19.1. The Balaban J connectivity index is 1.97. The predicted molar refractivity (Wildman–Crippen MR) is 131 cm³/mol. The van der Waals surface area contributed by atoms with Gasteiger partial charge in [0.05, 0.1) is 29.7 Å². The van der Waals surface area contributed by atoms with E-state index in [4.69, 9.17) is 21.0 Å². The molecule has 180 valence electrons. The molecule has 0 saturated carbocycles. The molecule has 3 rings (SSSR count). The summed E-state index contributed by atoms with van der Waals surface area (Å²) in [5.74, 6) is 3.16. The second kappa shape index (κ2) is 12.3. The summed E-state index contributed by atoms with van der Waals surface area (Å²) >= 11 is 0. The van der Waals surface area contributed by atoms with E-state index < -0.39 is 6.10 Å². The number of aromatic nitrogens is 2. The van der Waals surface area contributed by atoms with E-state index in [1.807, 2.05) is 37.3 Å². The minimum atomic E-state index is -0.688. The molecule has 0 aliphatic heterocycles. The van der Waals surface area contributed by atoms with Crippen molar-refractivity contribution in [3.8, 4) is 29.7 Å². The van der Waals surface area contributed by atoms with Crippen molar-refractivity contribution in [2.24, 2.45) is 0 Å². The van der Waals surface area contributed by atoms with Crippen LogP contribution in [0.2, 0.25) is 0 Å². The van der Waals surface area contributed by atoms with Crippen molar-refractivity contribution < 1.29 is 19.0 Å². The van der Waals surface area contributed by atoms with Crippen molar-refractivity contribution in [3.05, 3.63) is 71.7 Å². The van der Waals surface area contributed by atoms with Gasteiger partial charge in [0.1, 0.15) is 18.2 Å². The van der Waals surface area contributed by atoms with Gasteiger partial charge in [0.15, 0.2) is 0 Å². The summed E-state index contributed by atoms with van der Waals surface area (Å²) in [4.78, 5) is 2.15. The zero-order chi connectivity index (χ0) is 24.5. The van der Waals surface area contributed by atoms with Crippen LogP contribution in [0.4, 0.5) is 4.39 Å². The number of hydrogen-bond acceptors (Lipinski definition) is 5. The van der Waals surface area contributed by atoms with Gasteiger partial charge in [-0.15, -0.1) is 6.42 Å². The first kappa shape index (κ1) is 25.4. The van der Waals surface area contributed by atoms with Crippen LogP contribution in [-0.4, -0.2) is 51.7 Å². The Labute approximate surface area is 200 Å². The maximum atomic E-state index is 13.5. The highest BCUT2D eigenvalue weighted by Crippen LogP contribution is 2.32. The average Bonchev–Trinajstić information content (AvgIpc) is 3.17. The maximum Gasteiger partial charge on any atom is 0.227 e. The molecule has 7 heteroatoms. The molecular weight excluding hydrogens is 433 g/mol. The van der Waals surface area contributed by atoms with Crippen LogP contribution in [0.5, 0.6) is 11.6 Å². The van der Waals surface area contributed by atoms with Crippen LogP contribution in [-0.2, 0) is 17.7 Å². The predicted octanol–water partition coefficient (Wildman–Crippen LogP) is 4.59. The molecule has 0 spiro atoms. The first-order chi connectivity index (χ1) is 16.4. The van der Waals surface area contributed by atoms with E-state index in [2.05, 4.69) is 24.7 Å². The fraction of sp³-hybridized carbons (Fsp3) is 0.370. The Bertz CT molecular complexity index is 1070. The van der Waals surface area contributed by atoms with Gasteiger partial charge in [-0.05, 0) is 56.7 Å². The third-order valence-corrected chi connectivity index (χ3v) is 5.42. The van der Waals surface area contributed by atoms with Crippen LogP contribution in [0.1, 0.15) is 32.0 Å². The summed E-state index contributed by atoms with van der Waals surface area (Å²) in [6, 6.07) is 15.8. The minimum Gasteiger partial charge on any atom is -0.439 e. The van der Waals surface area contributed by atoms with Crippen molar-refractivity contribution in [1.29, 1.82) is 0 Å². The lowest BCUT2D eigenvalue weighted by atomic mass is 10.1. The zero-order valence-electron chi connectivity index (χ0n) is 19.9. The molecule has 1 atom stereocenters. The molecule has 0 unspecified atom stereocenters. The molecule has 34 heavy (non-hydrogen) atoms. The molecule has 1 N–H and O–H groups in total. The van der Waals surface area contributed by atoms with E-state index in [0.29, 0.717) is 31.1 Å². The molecule has 0 fully saturated rings. The van der Waals surface area contributed by atoms with Crippen molar-refractivity contribution in [2.45, 2.75) is 45.9 Å². The van der Waals surface area contributed by atoms with Gasteiger partial charge >= 0.3 is 0 Å². The monoisotopic (exact) mass is 465 g/mol. The molecular formula is C27H32FN3O3. The molecule has 0 saturated heterocycles. The third kappa shape index (κ3) is 6.67. The van der Waals surface area contributed by atoms with Crippen LogP contribution in [0, 0.1) is 18.2 Å². The Morgan fingerprint density at radius 1 is 1.15 bits per heavy atom. The largest absolute Gasteiger partial charge is 0.439 e. The smallest absolute Gasteiger partial charge is 0.227 e. The van der Waals surface area contributed by atoms with Crippen LogP contribution in [0.15, 0.2) is 54.6 Å². The number of rotatable bonds is 12. The number of aliphatic hydroxyl groups is 1. The topological polar surface area (TPSA) is 59.8 Å². The number of terminal acetylenes is 1. The van der Waals surface area contributed by atoms with E-state index in [-0.39, 0.29) is 25.1 Å². The van der Waals surface area contributed by atoms with Crippen LogP contribution >= 0.6 is 0 Å². The number of hydrogen-bond donors (Lipinski definition) is 1. The number of benzene rings is 2. The van der Waals surface area contributed by atoms with Gasteiger partial charge in [-0.1, -0.05) is 31.0 Å². The van der Waals surface area contributed by atoms with Gasteiger partial charge < -0.3 is 14.6 Å². The first-order valence-corrected chi connectivity index (χ1v) is 11.5. The molecule has 3 aromatic rings. The molecule has 1 heterocycles. The minimum absolute atomic E-state index is 0.144. The Kier molecular flexibility index (Phi) is 9.23. The normalized spacial score (nSPS) is 12.2. The first-order valence-electron chi connectivity index (χ1n) is 11.5. The van der Waals surface area contributed by atoms with E-state index >= 15 is 0 Å². The standard InChI is InChI=1S/C27H32FN3O3/c1-5-16-33-19-23(32)17-30(20(3)4)18-25-26(6-2)29-31(22-10-8-7-9-11-22)27(25)34-24-14-12-21(28)13-15-24/h1,7-15,20,23,32H,6,16-19H2,2-4H3/t23-/m0/s1. The number of ether oxygens (including phenoxy) is 2. The van der Waals surface area contributed by atoms with Gasteiger partial charge in [0.2, 0.25) is 5.88 Å². The summed E-state index contributed by atoms with van der Waals surface area (Å²) in [5, 5.41) is 15.3. The number of halogens is 1. The van der Waals surface area contributed by atoms with Gasteiger partial charge in [-0.25, -0.2) is 9.07 Å². The van der Waals surface area contributed by atoms with Crippen molar-refractivity contribution in [1.82, 2.24) is 14.7 Å². The maximum absolute atomic E-state index is 13.5. The summed E-state index contributed by atoms with van der Waals surface area (Å²) < 4.78 is 26.9. The second-order valence-electron chi connectivity index (χ2n) is 8.28. The summed E-state index contributed by atoms with van der Waals surface area (Å²) in [6.45, 7) is 7.43. The molecule has 0 bridgehead atoms. The molecule has 0 aliphatic rings. The van der Waals surface area contributed by atoms with Crippen LogP contribution in [0.25, 0.3) is 5.69 Å². The highest BCUT2D eigenvalue weighted by molar-refractivity contribution is 5.43. The van der Waals surface area contributed by atoms with E-state index in [1.165, 1.54) is 12.1 Å². The fourth-order valence-electron chi connectivity index (χ4n) is 3.62. The summed E-state index contributed by atoms with van der Waals surface area (Å²) in [6.07, 6.45) is 5.24. The van der Waals surface area contributed by atoms with Crippen molar-refractivity contribution >= 4 is 0 Å². The lowest BCUT2D eigenvalue weighted by molar-refractivity contribution is 0.0190. The van der Waals surface area contributed by atoms with E-state index in [0.717, 1.165) is 16.9 Å². The number of nitrogens with zero attached hydrogens (tertiary/aromatic N) is 3. The quantitative estimate of drug-likeness (QED) is 0.313. The SMILES string of the molecule is C#CCOC[C@@H](O)CN(Cc1c(CC)nn(-c2ccccc2)c1Oc1ccc(F)cc1)C(C)C. The molecule has 6 nitrogen and oxygen atoms in total. The zero-order valence-corrected chi connectivity index (χ0v) is 19.9. The number of para-hydroxylation sites is 1. The lowest BCUT2D eigenvalue weighted by Crippen LogP contribution is -2.39. The van der Waals surface area contributed by atoms with Crippen molar-refractivity contribution in [2.75, 3.05) is 19.8 Å². The molecule has 0 aliphatic carbocycles. The number of aliphatic hydroxyl groups excluding tert-OH is 1. The lowest BCUT2D eigenvalue weighted by Gasteiger charge is -2.29. The third-order valence-electron chi connectivity index (χ3n) is 5.42. The Morgan fingerprint density at radius 2 is 1.85 bits per heavy atom. The van der Waals surface area contributed by atoms with Crippen molar-refractivity contribution in [3.63, 3.8) is 0 Å². The second-order valence-corrected chi connectivity index (χ2v) is 8.28. The Morgan fingerprint density at radius 3 is 2.47 bits per heavy atom. The van der Waals surface area contributed by atoms with E-state index in [9.17, 15) is 9.50 Å². The highest BCUT2D eigenvalue weighted by Gasteiger charge is 2.25.